The molecule has 0 bridgehead atoms. The average Bonchev–Trinajstić information content (AvgIpc) is 2.56. The number of nitro benzene ring substituents is 1. The lowest BCUT2D eigenvalue weighted by Crippen LogP contribution is -2.17. The standard InChI is InChI=1S/C15H12ClN3O5/c1-24-14-6-9(2-5-13(14)20)8-17-18-15(21)10-3-4-11(16)12(7-10)19(22)23/h2-8,20H,1H3,(H,18,21)/b17-8-. The van der Waals surface area contributed by atoms with Gasteiger partial charge in [-0.2, -0.15) is 5.10 Å². The highest BCUT2D eigenvalue weighted by atomic mass is 35.5. The molecule has 0 heterocycles. The van der Waals surface area contributed by atoms with Crippen LogP contribution in [0.4, 0.5) is 5.69 Å². The summed E-state index contributed by atoms with van der Waals surface area (Å²) in [5.41, 5.74) is 2.51. The second-order valence-corrected chi connectivity index (χ2v) is 4.96. The Kier molecular flexibility index (Phi) is 5.33. The number of ether oxygens (including phenoxy) is 1. The van der Waals surface area contributed by atoms with Crippen LogP contribution in [0, 0.1) is 10.1 Å². The lowest BCUT2D eigenvalue weighted by atomic mass is 10.2. The minimum atomic E-state index is -0.675. The van der Waals surface area contributed by atoms with Crippen molar-refractivity contribution in [3.05, 3.63) is 62.7 Å². The fourth-order valence-electron chi connectivity index (χ4n) is 1.80. The average molecular weight is 350 g/mol. The van der Waals surface area contributed by atoms with Crippen molar-refractivity contribution in [2.24, 2.45) is 5.10 Å². The summed E-state index contributed by atoms with van der Waals surface area (Å²) < 4.78 is 4.95. The normalized spacial score (nSPS) is 10.6. The van der Waals surface area contributed by atoms with E-state index in [0.717, 1.165) is 6.07 Å². The SMILES string of the molecule is COc1cc(/C=N\NC(=O)c2ccc(Cl)c([N+](=O)[O-])c2)ccc1O. The predicted octanol–water partition coefficient (Wildman–Crippen LogP) is 2.73. The number of methoxy groups -OCH3 is 1. The molecule has 2 N–H and O–H groups in total. The van der Waals surface area contributed by atoms with E-state index in [2.05, 4.69) is 10.5 Å². The van der Waals surface area contributed by atoms with Gasteiger partial charge in [-0.3, -0.25) is 14.9 Å². The number of phenolic OH excluding ortho intramolecular Hbond substituents is 1. The summed E-state index contributed by atoms with van der Waals surface area (Å²) in [6.07, 6.45) is 1.34. The van der Waals surface area contributed by atoms with E-state index in [9.17, 15) is 20.0 Å². The Bertz CT molecular complexity index is 823. The van der Waals surface area contributed by atoms with Gasteiger partial charge in [0, 0.05) is 11.6 Å². The van der Waals surface area contributed by atoms with Gasteiger partial charge in [-0.1, -0.05) is 11.6 Å². The molecule has 0 aromatic heterocycles. The summed E-state index contributed by atoms with van der Waals surface area (Å²) in [7, 11) is 1.41. The first-order chi connectivity index (χ1) is 11.4. The van der Waals surface area contributed by atoms with Crippen molar-refractivity contribution in [2.45, 2.75) is 0 Å². The Balaban J connectivity index is 2.10. The molecule has 0 aliphatic rings. The number of hydrogen-bond acceptors (Lipinski definition) is 6. The van der Waals surface area contributed by atoms with Crippen molar-refractivity contribution in [1.29, 1.82) is 0 Å². The van der Waals surface area contributed by atoms with E-state index >= 15 is 0 Å². The van der Waals surface area contributed by atoms with Crippen LogP contribution in [-0.4, -0.2) is 29.3 Å². The number of halogens is 1. The lowest BCUT2D eigenvalue weighted by Gasteiger charge is -2.04. The monoisotopic (exact) mass is 349 g/mol. The van der Waals surface area contributed by atoms with Crippen molar-refractivity contribution >= 4 is 29.4 Å². The molecule has 24 heavy (non-hydrogen) atoms. The molecule has 0 saturated heterocycles. The van der Waals surface area contributed by atoms with Crippen LogP contribution in [0.25, 0.3) is 0 Å². The van der Waals surface area contributed by atoms with E-state index in [4.69, 9.17) is 16.3 Å². The van der Waals surface area contributed by atoms with Gasteiger partial charge >= 0.3 is 0 Å². The van der Waals surface area contributed by atoms with Gasteiger partial charge in [0.1, 0.15) is 5.02 Å². The maximum atomic E-state index is 11.9. The van der Waals surface area contributed by atoms with Crippen molar-refractivity contribution in [2.75, 3.05) is 7.11 Å². The Hall–Kier alpha value is -3.13. The molecule has 0 spiro atoms. The number of rotatable bonds is 5. The second kappa shape index (κ2) is 7.42. The van der Waals surface area contributed by atoms with Crippen LogP contribution in [0.5, 0.6) is 11.5 Å². The Labute approximate surface area is 141 Å². The minimum absolute atomic E-state index is 0.0211. The molecular weight excluding hydrogens is 338 g/mol. The summed E-state index contributed by atoms with van der Waals surface area (Å²) in [6, 6.07) is 8.20. The van der Waals surface area contributed by atoms with Crippen LogP contribution in [0.15, 0.2) is 41.5 Å². The molecule has 2 aromatic rings. The Morgan fingerprint density at radius 3 is 2.79 bits per heavy atom. The molecule has 0 radical (unpaired) electrons. The lowest BCUT2D eigenvalue weighted by molar-refractivity contribution is -0.384. The molecule has 124 valence electrons. The third-order valence-electron chi connectivity index (χ3n) is 2.99. The van der Waals surface area contributed by atoms with Gasteiger partial charge in [-0.25, -0.2) is 5.43 Å². The van der Waals surface area contributed by atoms with Gasteiger partial charge in [-0.15, -0.1) is 0 Å². The van der Waals surface area contributed by atoms with Crippen LogP contribution >= 0.6 is 11.6 Å². The van der Waals surface area contributed by atoms with Gasteiger partial charge in [0.25, 0.3) is 11.6 Å². The number of amides is 1. The molecule has 9 heteroatoms. The van der Waals surface area contributed by atoms with E-state index in [0.29, 0.717) is 5.56 Å². The zero-order valence-corrected chi connectivity index (χ0v) is 13.1. The van der Waals surface area contributed by atoms with Gasteiger partial charge in [0.2, 0.25) is 0 Å². The summed E-state index contributed by atoms with van der Waals surface area (Å²) >= 11 is 5.69. The first-order valence-corrected chi connectivity index (χ1v) is 6.94. The first kappa shape index (κ1) is 17.2. The van der Waals surface area contributed by atoms with Gasteiger partial charge in [0.05, 0.1) is 18.2 Å². The fraction of sp³-hybridized carbons (Fsp3) is 0.0667. The number of carbonyl (C=O) groups excluding carboxylic acids is 1. The molecule has 0 aliphatic carbocycles. The second-order valence-electron chi connectivity index (χ2n) is 4.55. The topological polar surface area (TPSA) is 114 Å². The molecule has 0 atom stereocenters. The predicted molar refractivity (Wildman–Crippen MR) is 87.8 cm³/mol. The van der Waals surface area contributed by atoms with Gasteiger partial charge in [-0.05, 0) is 35.9 Å². The van der Waals surface area contributed by atoms with E-state index in [-0.39, 0.29) is 27.8 Å². The number of carbonyl (C=O) groups is 1. The zero-order valence-electron chi connectivity index (χ0n) is 12.4. The van der Waals surface area contributed by atoms with Crippen LogP contribution in [0.3, 0.4) is 0 Å². The van der Waals surface area contributed by atoms with Crippen LogP contribution < -0.4 is 10.2 Å². The number of nitrogens with zero attached hydrogens (tertiary/aromatic N) is 2. The summed E-state index contributed by atoms with van der Waals surface area (Å²) in [5.74, 6) is -0.387. The van der Waals surface area contributed by atoms with E-state index in [1.165, 1.54) is 37.6 Å². The Morgan fingerprint density at radius 1 is 1.38 bits per heavy atom. The number of benzene rings is 2. The maximum Gasteiger partial charge on any atom is 0.288 e. The fourth-order valence-corrected chi connectivity index (χ4v) is 1.98. The largest absolute Gasteiger partial charge is 0.504 e. The van der Waals surface area contributed by atoms with Gasteiger partial charge < -0.3 is 9.84 Å². The van der Waals surface area contributed by atoms with Crippen LogP contribution in [0.2, 0.25) is 5.02 Å². The van der Waals surface area contributed by atoms with E-state index in [1.54, 1.807) is 6.07 Å². The number of nitrogens with one attached hydrogen (secondary N) is 1. The third kappa shape index (κ3) is 3.99. The van der Waals surface area contributed by atoms with E-state index in [1.807, 2.05) is 0 Å². The van der Waals surface area contributed by atoms with Crippen molar-refractivity contribution in [1.82, 2.24) is 5.43 Å². The maximum absolute atomic E-state index is 11.9. The number of phenols is 1. The first-order valence-electron chi connectivity index (χ1n) is 6.56. The summed E-state index contributed by atoms with van der Waals surface area (Å²) in [5, 5.41) is 24.0. The molecule has 8 nitrogen and oxygen atoms in total. The summed E-state index contributed by atoms with van der Waals surface area (Å²) in [6.45, 7) is 0. The quantitative estimate of drug-likeness (QED) is 0.489. The molecular formula is C15H12ClN3O5. The molecule has 0 aliphatic heterocycles. The molecule has 0 fully saturated rings. The molecule has 1 amide bonds. The highest BCUT2D eigenvalue weighted by molar-refractivity contribution is 6.32. The number of aromatic hydroxyl groups is 1. The molecule has 0 saturated carbocycles. The van der Waals surface area contributed by atoms with E-state index < -0.39 is 10.8 Å². The minimum Gasteiger partial charge on any atom is -0.504 e. The highest BCUT2D eigenvalue weighted by Crippen LogP contribution is 2.26. The zero-order chi connectivity index (χ0) is 17.7. The van der Waals surface area contributed by atoms with Gasteiger partial charge in [0.15, 0.2) is 11.5 Å². The molecule has 0 unspecified atom stereocenters. The Morgan fingerprint density at radius 2 is 2.12 bits per heavy atom. The highest BCUT2D eigenvalue weighted by Gasteiger charge is 2.15. The van der Waals surface area contributed by atoms with Crippen molar-refractivity contribution < 1.29 is 19.6 Å². The molecule has 2 aromatic carbocycles. The number of hydrogen-bond donors (Lipinski definition) is 2. The van der Waals surface area contributed by atoms with Crippen molar-refractivity contribution in [3.8, 4) is 11.5 Å². The van der Waals surface area contributed by atoms with Crippen LogP contribution in [0.1, 0.15) is 15.9 Å². The smallest absolute Gasteiger partial charge is 0.288 e. The summed E-state index contributed by atoms with van der Waals surface area (Å²) in [4.78, 5) is 22.1. The molecule has 2 rings (SSSR count). The van der Waals surface area contributed by atoms with Crippen LogP contribution in [-0.2, 0) is 0 Å². The third-order valence-corrected chi connectivity index (χ3v) is 3.31. The van der Waals surface area contributed by atoms with Crippen molar-refractivity contribution in [3.63, 3.8) is 0 Å². The number of hydrazone groups is 1. The number of nitro groups is 1.